The maximum atomic E-state index is 12.7. The van der Waals surface area contributed by atoms with Gasteiger partial charge in [0.1, 0.15) is 0 Å². The molecule has 2 aliphatic rings. The predicted octanol–water partition coefficient (Wildman–Crippen LogP) is 3.39. The molecule has 0 spiro atoms. The standard InChI is InChI=1S/C24H31N3O3S/c28-24(20-10-12-23(13-11-20)31(29,30)27-16-6-7-17-27)25-18-21-8-2-3-9-22(21)19-26-14-4-1-5-15-26/h2-3,8-13H,1,4-7,14-19H2,(H,25,28). The minimum atomic E-state index is -3.46. The second-order valence-corrected chi connectivity index (χ2v) is 10.4. The van der Waals surface area contributed by atoms with E-state index in [4.69, 9.17) is 0 Å². The Morgan fingerprint density at radius 1 is 0.806 bits per heavy atom. The van der Waals surface area contributed by atoms with Gasteiger partial charge in [-0.25, -0.2) is 8.42 Å². The maximum absolute atomic E-state index is 12.7. The van der Waals surface area contributed by atoms with Gasteiger partial charge in [0.2, 0.25) is 10.0 Å². The summed E-state index contributed by atoms with van der Waals surface area (Å²) in [6, 6.07) is 14.5. The molecular formula is C24H31N3O3S. The molecule has 0 aromatic heterocycles. The van der Waals surface area contributed by atoms with E-state index in [0.29, 0.717) is 25.2 Å². The smallest absolute Gasteiger partial charge is 0.251 e. The molecule has 166 valence electrons. The molecule has 0 unspecified atom stereocenters. The second-order valence-electron chi connectivity index (χ2n) is 8.42. The summed E-state index contributed by atoms with van der Waals surface area (Å²) in [4.78, 5) is 15.4. The van der Waals surface area contributed by atoms with Crippen LogP contribution in [0.25, 0.3) is 0 Å². The van der Waals surface area contributed by atoms with Gasteiger partial charge in [-0.1, -0.05) is 30.7 Å². The van der Waals surface area contributed by atoms with Crippen molar-refractivity contribution < 1.29 is 13.2 Å². The van der Waals surface area contributed by atoms with Crippen molar-refractivity contribution in [3.05, 3.63) is 65.2 Å². The van der Waals surface area contributed by atoms with E-state index in [0.717, 1.165) is 38.0 Å². The van der Waals surface area contributed by atoms with E-state index in [1.165, 1.54) is 41.3 Å². The minimum absolute atomic E-state index is 0.196. The van der Waals surface area contributed by atoms with Crippen molar-refractivity contribution in [3.8, 4) is 0 Å². The van der Waals surface area contributed by atoms with Crippen LogP contribution in [-0.4, -0.2) is 49.7 Å². The van der Waals surface area contributed by atoms with E-state index in [9.17, 15) is 13.2 Å². The number of hydrogen-bond acceptors (Lipinski definition) is 4. The highest BCUT2D eigenvalue weighted by atomic mass is 32.2. The molecule has 0 aliphatic carbocycles. The average molecular weight is 442 g/mol. The van der Waals surface area contributed by atoms with Gasteiger partial charge in [-0.15, -0.1) is 0 Å². The molecule has 1 N–H and O–H groups in total. The molecule has 0 radical (unpaired) electrons. The summed E-state index contributed by atoms with van der Waals surface area (Å²) in [6.45, 7) is 4.77. The van der Waals surface area contributed by atoms with Crippen LogP contribution in [-0.2, 0) is 23.1 Å². The molecule has 2 fully saturated rings. The third kappa shape index (κ3) is 5.34. The number of benzene rings is 2. The quantitative estimate of drug-likeness (QED) is 0.715. The summed E-state index contributed by atoms with van der Waals surface area (Å²) in [5.41, 5.74) is 2.83. The van der Waals surface area contributed by atoms with E-state index < -0.39 is 10.0 Å². The third-order valence-corrected chi connectivity index (χ3v) is 8.13. The number of rotatable bonds is 7. The zero-order chi connectivity index (χ0) is 21.7. The molecule has 6 nitrogen and oxygen atoms in total. The topological polar surface area (TPSA) is 69.7 Å². The molecule has 0 saturated carbocycles. The van der Waals surface area contributed by atoms with Gasteiger partial charge in [0.25, 0.3) is 5.91 Å². The molecule has 0 atom stereocenters. The molecule has 31 heavy (non-hydrogen) atoms. The van der Waals surface area contributed by atoms with Gasteiger partial charge < -0.3 is 5.32 Å². The summed E-state index contributed by atoms with van der Waals surface area (Å²) in [5.74, 6) is -0.196. The Morgan fingerprint density at radius 3 is 2.10 bits per heavy atom. The average Bonchev–Trinajstić information content (AvgIpc) is 3.35. The Labute approximate surface area is 185 Å². The number of likely N-dealkylation sites (tertiary alicyclic amines) is 1. The van der Waals surface area contributed by atoms with Crippen LogP contribution in [0.2, 0.25) is 0 Å². The Bertz CT molecular complexity index is 993. The Morgan fingerprint density at radius 2 is 1.42 bits per heavy atom. The molecule has 1 amide bonds. The number of sulfonamides is 1. The number of amides is 1. The number of nitrogens with zero attached hydrogens (tertiary/aromatic N) is 2. The van der Waals surface area contributed by atoms with Crippen molar-refractivity contribution in [2.75, 3.05) is 26.2 Å². The van der Waals surface area contributed by atoms with Gasteiger partial charge in [-0.05, 0) is 74.2 Å². The predicted molar refractivity (Wildman–Crippen MR) is 121 cm³/mol. The van der Waals surface area contributed by atoms with Crippen molar-refractivity contribution in [3.63, 3.8) is 0 Å². The zero-order valence-electron chi connectivity index (χ0n) is 17.9. The lowest BCUT2D eigenvalue weighted by molar-refractivity contribution is 0.0950. The van der Waals surface area contributed by atoms with Crippen LogP contribution >= 0.6 is 0 Å². The van der Waals surface area contributed by atoms with E-state index in [1.54, 1.807) is 12.1 Å². The summed E-state index contributed by atoms with van der Waals surface area (Å²) in [5, 5.41) is 2.99. The van der Waals surface area contributed by atoms with E-state index in [-0.39, 0.29) is 10.8 Å². The number of hydrogen-bond donors (Lipinski definition) is 1. The fourth-order valence-corrected chi connectivity index (χ4v) is 5.89. The van der Waals surface area contributed by atoms with Gasteiger partial charge in [-0.2, -0.15) is 4.31 Å². The maximum Gasteiger partial charge on any atom is 0.251 e. The van der Waals surface area contributed by atoms with Crippen LogP contribution in [0, 0.1) is 0 Å². The summed E-state index contributed by atoms with van der Waals surface area (Å²) < 4.78 is 26.8. The molecule has 2 heterocycles. The molecule has 0 bridgehead atoms. The molecule has 4 rings (SSSR count). The molecular weight excluding hydrogens is 410 g/mol. The first kappa shape index (κ1) is 22.0. The Balaban J connectivity index is 1.38. The van der Waals surface area contributed by atoms with Gasteiger partial charge in [0, 0.05) is 31.7 Å². The molecule has 2 aliphatic heterocycles. The van der Waals surface area contributed by atoms with Crippen molar-refractivity contribution in [1.29, 1.82) is 0 Å². The minimum Gasteiger partial charge on any atom is -0.348 e. The third-order valence-electron chi connectivity index (χ3n) is 6.22. The van der Waals surface area contributed by atoms with Crippen LogP contribution in [0.1, 0.15) is 53.6 Å². The zero-order valence-corrected chi connectivity index (χ0v) is 18.7. The van der Waals surface area contributed by atoms with Crippen molar-refractivity contribution >= 4 is 15.9 Å². The van der Waals surface area contributed by atoms with Gasteiger partial charge >= 0.3 is 0 Å². The molecule has 7 heteroatoms. The van der Waals surface area contributed by atoms with E-state index in [2.05, 4.69) is 22.3 Å². The normalized spacial score (nSPS) is 18.2. The fourth-order valence-electron chi connectivity index (χ4n) is 4.38. The highest BCUT2D eigenvalue weighted by Gasteiger charge is 2.27. The first-order chi connectivity index (χ1) is 15.0. The first-order valence-corrected chi connectivity index (χ1v) is 12.7. The number of piperidine rings is 1. The molecule has 2 aromatic carbocycles. The largest absolute Gasteiger partial charge is 0.348 e. The van der Waals surface area contributed by atoms with Crippen LogP contribution in [0.15, 0.2) is 53.4 Å². The van der Waals surface area contributed by atoms with Crippen LogP contribution in [0.4, 0.5) is 0 Å². The summed E-state index contributed by atoms with van der Waals surface area (Å²) in [6.07, 6.45) is 5.62. The Hall–Kier alpha value is -2.22. The fraction of sp³-hybridized carbons (Fsp3) is 0.458. The SMILES string of the molecule is O=C(NCc1ccccc1CN1CCCCC1)c1ccc(S(=O)(=O)N2CCCC2)cc1. The number of carbonyl (C=O) groups is 1. The van der Waals surface area contributed by atoms with E-state index >= 15 is 0 Å². The lowest BCUT2D eigenvalue weighted by atomic mass is 10.0. The summed E-state index contributed by atoms with van der Waals surface area (Å²) >= 11 is 0. The van der Waals surface area contributed by atoms with E-state index in [1.807, 2.05) is 12.1 Å². The van der Waals surface area contributed by atoms with Gasteiger partial charge in [-0.3, -0.25) is 9.69 Å². The van der Waals surface area contributed by atoms with Gasteiger partial charge in [0.05, 0.1) is 4.90 Å². The van der Waals surface area contributed by atoms with Crippen molar-refractivity contribution in [2.45, 2.75) is 50.1 Å². The highest BCUT2D eigenvalue weighted by molar-refractivity contribution is 7.89. The lowest BCUT2D eigenvalue weighted by Gasteiger charge is -2.27. The van der Waals surface area contributed by atoms with Crippen molar-refractivity contribution in [1.82, 2.24) is 14.5 Å². The first-order valence-electron chi connectivity index (χ1n) is 11.2. The molecule has 2 aromatic rings. The monoisotopic (exact) mass is 441 g/mol. The Kier molecular flexibility index (Phi) is 7.05. The van der Waals surface area contributed by atoms with Crippen LogP contribution < -0.4 is 5.32 Å². The molecule has 2 saturated heterocycles. The van der Waals surface area contributed by atoms with Crippen LogP contribution in [0.5, 0.6) is 0 Å². The van der Waals surface area contributed by atoms with Gasteiger partial charge in [0.15, 0.2) is 0 Å². The lowest BCUT2D eigenvalue weighted by Crippen LogP contribution is -2.30. The summed E-state index contributed by atoms with van der Waals surface area (Å²) in [7, 11) is -3.46. The number of nitrogens with one attached hydrogen (secondary N) is 1. The highest BCUT2D eigenvalue weighted by Crippen LogP contribution is 2.21. The second kappa shape index (κ2) is 9.94. The van der Waals surface area contributed by atoms with Crippen LogP contribution in [0.3, 0.4) is 0 Å². The van der Waals surface area contributed by atoms with Crippen molar-refractivity contribution in [2.24, 2.45) is 0 Å². The number of carbonyl (C=O) groups excluding carboxylic acids is 1.